The Bertz CT molecular complexity index is 401. The summed E-state index contributed by atoms with van der Waals surface area (Å²) in [4.78, 5) is 0. The maximum atomic E-state index is 13.2. The summed E-state index contributed by atoms with van der Waals surface area (Å²) in [7, 11) is 0. The lowest BCUT2D eigenvalue weighted by Gasteiger charge is -2.17. The van der Waals surface area contributed by atoms with E-state index >= 15 is 0 Å². The highest BCUT2D eigenvalue weighted by Crippen LogP contribution is 2.18. The maximum absolute atomic E-state index is 13.2. The van der Waals surface area contributed by atoms with Gasteiger partial charge in [0.1, 0.15) is 18.2 Å². The highest BCUT2D eigenvalue weighted by molar-refractivity contribution is 5.21. The molecule has 1 atom stereocenters. The molecule has 1 unspecified atom stereocenters. The molecule has 0 spiro atoms. The van der Waals surface area contributed by atoms with Crippen LogP contribution in [-0.4, -0.2) is 35.8 Å². The molecule has 7 heteroatoms. The first-order valence-electron chi connectivity index (χ1n) is 5.18. The van der Waals surface area contributed by atoms with Gasteiger partial charge in [0.2, 0.25) is 0 Å². The number of aliphatic hydroxyl groups excluding tert-OH is 2. The van der Waals surface area contributed by atoms with Crippen molar-refractivity contribution in [2.24, 2.45) is 0 Å². The molecule has 3 nitrogen and oxygen atoms in total. The Hall–Kier alpha value is -1.18. The summed E-state index contributed by atoms with van der Waals surface area (Å²) in [6, 6.07) is 2.60. The van der Waals surface area contributed by atoms with Crippen LogP contribution in [-0.2, 0) is 0 Å². The molecule has 0 amide bonds. The molecule has 3 N–H and O–H groups in total. The minimum absolute atomic E-state index is 0.184. The maximum Gasteiger partial charge on any atom is 0.282 e. The van der Waals surface area contributed by atoms with Crippen molar-refractivity contribution in [2.75, 3.05) is 19.7 Å². The van der Waals surface area contributed by atoms with Gasteiger partial charge in [-0.15, -0.1) is 0 Å². The van der Waals surface area contributed by atoms with E-state index in [0.717, 1.165) is 12.1 Å². The van der Waals surface area contributed by atoms with Crippen LogP contribution in [0.25, 0.3) is 0 Å². The summed E-state index contributed by atoms with van der Waals surface area (Å²) in [5, 5.41) is 20.0. The van der Waals surface area contributed by atoms with Crippen LogP contribution in [0.2, 0.25) is 0 Å². The standard InChI is InChI=1S/C11H13F4NO2/c12-7-1-2-8(9(13)3-7)10(18)4-16-5-11(14,15)6-17/h1-3,10,16-18H,4-6H2. The molecule has 18 heavy (non-hydrogen) atoms. The SMILES string of the molecule is OCC(F)(F)CNCC(O)c1ccc(F)cc1F. The Morgan fingerprint density at radius 3 is 2.50 bits per heavy atom. The molecular weight excluding hydrogens is 254 g/mol. The fourth-order valence-electron chi connectivity index (χ4n) is 1.33. The van der Waals surface area contributed by atoms with Gasteiger partial charge in [-0.2, -0.15) is 0 Å². The second kappa shape index (κ2) is 6.12. The molecule has 1 aromatic carbocycles. The zero-order valence-corrected chi connectivity index (χ0v) is 9.34. The summed E-state index contributed by atoms with van der Waals surface area (Å²) in [6.45, 7) is -2.50. The Morgan fingerprint density at radius 1 is 1.28 bits per heavy atom. The third kappa shape index (κ3) is 4.25. The third-order valence-corrected chi connectivity index (χ3v) is 2.27. The molecule has 1 aromatic rings. The number of benzene rings is 1. The third-order valence-electron chi connectivity index (χ3n) is 2.27. The molecule has 0 aromatic heterocycles. The van der Waals surface area contributed by atoms with E-state index in [4.69, 9.17) is 5.11 Å². The van der Waals surface area contributed by atoms with Gasteiger partial charge < -0.3 is 15.5 Å². The molecular formula is C11H13F4NO2. The van der Waals surface area contributed by atoms with Crippen LogP contribution in [0.1, 0.15) is 11.7 Å². The summed E-state index contributed by atoms with van der Waals surface area (Å²) < 4.78 is 51.1. The van der Waals surface area contributed by atoms with Gasteiger partial charge >= 0.3 is 0 Å². The molecule has 0 aliphatic heterocycles. The van der Waals surface area contributed by atoms with Crippen molar-refractivity contribution < 1.29 is 27.8 Å². The summed E-state index contributed by atoms with van der Waals surface area (Å²) in [5.74, 6) is -5.04. The average molecular weight is 267 g/mol. The fourth-order valence-corrected chi connectivity index (χ4v) is 1.33. The number of hydrogen-bond donors (Lipinski definition) is 3. The second-order valence-corrected chi connectivity index (χ2v) is 3.83. The average Bonchev–Trinajstić information content (AvgIpc) is 2.28. The Labute approximate surface area is 101 Å². The molecule has 0 aliphatic carbocycles. The van der Waals surface area contributed by atoms with Crippen LogP contribution in [0.15, 0.2) is 18.2 Å². The first-order valence-corrected chi connectivity index (χ1v) is 5.18. The van der Waals surface area contributed by atoms with Gasteiger partial charge in [0.25, 0.3) is 5.92 Å². The predicted octanol–water partition coefficient (Wildman–Crippen LogP) is 1.22. The van der Waals surface area contributed by atoms with Gasteiger partial charge in [-0.1, -0.05) is 6.07 Å². The normalized spacial score (nSPS) is 13.7. The molecule has 0 heterocycles. The van der Waals surface area contributed by atoms with E-state index in [2.05, 4.69) is 5.32 Å². The minimum Gasteiger partial charge on any atom is -0.390 e. The van der Waals surface area contributed by atoms with Gasteiger partial charge in [0.05, 0.1) is 12.6 Å². The smallest absolute Gasteiger partial charge is 0.282 e. The monoisotopic (exact) mass is 267 g/mol. The minimum atomic E-state index is -3.30. The molecule has 0 radical (unpaired) electrons. The number of rotatable bonds is 6. The van der Waals surface area contributed by atoms with Crippen LogP contribution in [0.4, 0.5) is 17.6 Å². The van der Waals surface area contributed by atoms with E-state index in [1.54, 1.807) is 0 Å². The molecule has 0 aliphatic rings. The second-order valence-electron chi connectivity index (χ2n) is 3.83. The lowest BCUT2D eigenvalue weighted by molar-refractivity contribution is -0.0489. The fraction of sp³-hybridized carbons (Fsp3) is 0.455. The van der Waals surface area contributed by atoms with Crippen molar-refractivity contribution in [3.63, 3.8) is 0 Å². The lowest BCUT2D eigenvalue weighted by Crippen LogP contribution is -2.37. The van der Waals surface area contributed by atoms with Crippen molar-refractivity contribution in [1.29, 1.82) is 0 Å². The van der Waals surface area contributed by atoms with Crippen molar-refractivity contribution >= 4 is 0 Å². The van der Waals surface area contributed by atoms with Crippen molar-refractivity contribution in [3.8, 4) is 0 Å². The summed E-state index contributed by atoms with van der Waals surface area (Å²) >= 11 is 0. The largest absolute Gasteiger partial charge is 0.390 e. The molecule has 102 valence electrons. The quantitative estimate of drug-likeness (QED) is 0.679. The van der Waals surface area contributed by atoms with Gasteiger partial charge in [-0.25, -0.2) is 17.6 Å². The highest BCUT2D eigenvalue weighted by atomic mass is 19.3. The van der Waals surface area contributed by atoms with E-state index in [0.29, 0.717) is 6.07 Å². The summed E-state index contributed by atoms with van der Waals surface area (Å²) in [6.07, 6.45) is -1.37. The number of alkyl halides is 2. The van der Waals surface area contributed by atoms with Crippen LogP contribution < -0.4 is 5.32 Å². The molecule has 0 bridgehead atoms. The Balaban J connectivity index is 2.53. The van der Waals surface area contributed by atoms with Crippen LogP contribution >= 0.6 is 0 Å². The molecule has 0 saturated heterocycles. The van der Waals surface area contributed by atoms with Gasteiger partial charge in [-0.05, 0) is 6.07 Å². The number of halogens is 4. The Morgan fingerprint density at radius 2 is 1.94 bits per heavy atom. The number of hydrogen-bond acceptors (Lipinski definition) is 3. The van der Waals surface area contributed by atoms with Crippen LogP contribution in [0.3, 0.4) is 0 Å². The van der Waals surface area contributed by atoms with Crippen molar-refractivity contribution in [3.05, 3.63) is 35.4 Å². The number of nitrogens with one attached hydrogen (secondary N) is 1. The van der Waals surface area contributed by atoms with E-state index in [1.165, 1.54) is 0 Å². The first-order chi connectivity index (χ1) is 8.35. The molecule has 0 fully saturated rings. The number of aliphatic hydroxyl groups is 2. The van der Waals surface area contributed by atoms with Crippen LogP contribution in [0, 0.1) is 11.6 Å². The highest BCUT2D eigenvalue weighted by Gasteiger charge is 2.27. The van der Waals surface area contributed by atoms with Gasteiger partial charge in [0, 0.05) is 18.2 Å². The van der Waals surface area contributed by atoms with E-state index in [-0.39, 0.29) is 12.1 Å². The molecule has 1 rings (SSSR count). The zero-order valence-electron chi connectivity index (χ0n) is 9.34. The van der Waals surface area contributed by atoms with Crippen molar-refractivity contribution in [1.82, 2.24) is 5.32 Å². The Kier molecular flexibility index (Phi) is 5.06. The van der Waals surface area contributed by atoms with Crippen LogP contribution in [0.5, 0.6) is 0 Å². The van der Waals surface area contributed by atoms with E-state index in [9.17, 15) is 22.7 Å². The predicted molar refractivity (Wildman–Crippen MR) is 56.2 cm³/mol. The van der Waals surface area contributed by atoms with Crippen molar-refractivity contribution in [2.45, 2.75) is 12.0 Å². The van der Waals surface area contributed by atoms with Gasteiger partial charge in [-0.3, -0.25) is 0 Å². The summed E-state index contributed by atoms with van der Waals surface area (Å²) in [5.41, 5.74) is -0.184. The first kappa shape index (κ1) is 14.9. The molecule has 0 saturated carbocycles. The van der Waals surface area contributed by atoms with Gasteiger partial charge in [0.15, 0.2) is 0 Å². The topological polar surface area (TPSA) is 52.5 Å². The van der Waals surface area contributed by atoms with E-state index < -0.39 is 36.8 Å². The zero-order chi connectivity index (χ0) is 13.8. The lowest BCUT2D eigenvalue weighted by atomic mass is 10.1. The van der Waals surface area contributed by atoms with E-state index in [1.807, 2.05) is 0 Å².